The SMILES string of the molecule is COc1c(F)c(F)c(S(=O)(=O)NCc2ccc(F)cc2)c(F)c1F. The molecule has 0 atom stereocenters. The van der Waals surface area contributed by atoms with Crippen LogP contribution in [0.15, 0.2) is 29.2 Å². The third-order valence-electron chi connectivity index (χ3n) is 3.04. The van der Waals surface area contributed by atoms with Crippen LogP contribution >= 0.6 is 0 Å². The zero-order chi connectivity index (χ0) is 18.1. The molecule has 0 heterocycles. The van der Waals surface area contributed by atoms with E-state index in [1.165, 1.54) is 12.1 Å². The van der Waals surface area contributed by atoms with Crippen molar-refractivity contribution >= 4 is 10.0 Å². The van der Waals surface area contributed by atoms with Gasteiger partial charge >= 0.3 is 0 Å². The maximum Gasteiger partial charge on any atom is 0.246 e. The minimum atomic E-state index is -4.93. The molecule has 0 bridgehead atoms. The molecule has 4 nitrogen and oxygen atoms in total. The molecule has 2 aromatic rings. The van der Waals surface area contributed by atoms with Gasteiger partial charge in [-0.15, -0.1) is 0 Å². The van der Waals surface area contributed by atoms with Crippen molar-refractivity contribution in [1.82, 2.24) is 4.72 Å². The summed E-state index contributed by atoms with van der Waals surface area (Å²) in [6, 6.07) is 4.52. The van der Waals surface area contributed by atoms with Crippen LogP contribution in [-0.2, 0) is 16.6 Å². The maximum atomic E-state index is 13.8. The summed E-state index contributed by atoms with van der Waals surface area (Å²) in [5.41, 5.74) is 0.259. The average Bonchev–Trinajstić information content (AvgIpc) is 2.53. The molecule has 24 heavy (non-hydrogen) atoms. The lowest BCUT2D eigenvalue weighted by Gasteiger charge is -2.12. The van der Waals surface area contributed by atoms with Gasteiger partial charge in [-0.05, 0) is 17.7 Å². The Morgan fingerprint density at radius 2 is 1.42 bits per heavy atom. The van der Waals surface area contributed by atoms with E-state index in [1.807, 2.05) is 0 Å². The van der Waals surface area contributed by atoms with Crippen molar-refractivity contribution in [1.29, 1.82) is 0 Å². The zero-order valence-electron chi connectivity index (χ0n) is 12.0. The first kappa shape index (κ1) is 18.1. The van der Waals surface area contributed by atoms with Crippen molar-refractivity contribution in [3.63, 3.8) is 0 Å². The van der Waals surface area contributed by atoms with Crippen LogP contribution in [0.3, 0.4) is 0 Å². The van der Waals surface area contributed by atoms with Crippen LogP contribution in [0.5, 0.6) is 5.75 Å². The maximum absolute atomic E-state index is 13.8. The molecule has 0 amide bonds. The molecule has 0 aliphatic carbocycles. The average molecular weight is 367 g/mol. The summed E-state index contributed by atoms with van der Waals surface area (Å²) in [5, 5.41) is 0. The Kier molecular flexibility index (Phi) is 5.09. The molecule has 0 aromatic heterocycles. The summed E-state index contributed by atoms with van der Waals surface area (Å²) < 4.78 is 97.5. The lowest BCUT2D eigenvalue weighted by atomic mass is 10.2. The van der Waals surface area contributed by atoms with Crippen LogP contribution in [0.2, 0.25) is 0 Å². The van der Waals surface area contributed by atoms with Gasteiger partial charge in [-0.25, -0.2) is 26.3 Å². The van der Waals surface area contributed by atoms with E-state index in [1.54, 1.807) is 4.72 Å². The largest absolute Gasteiger partial charge is 0.491 e. The quantitative estimate of drug-likeness (QED) is 0.653. The van der Waals surface area contributed by atoms with E-state index in [4.69, 9.17) is 0 Å². The molecule has 1 N–H and O–H groups in total. The lowest BCUT2D eigenvalue weighted by molar-refractivity contribution is 0.322. The Labute approximate surface area is 133 Å². The lowest BCUT2D eigenvalue weighted by Crippen LogP contribution is -2.26. The van der Waals surface area contributed by atoms with E-state index in [-0.39, 0.29) is 5.56 Å². The fraction of sp³-hybridized carbons (Fsp3) is 0.143. The standard InChI is InChI=1S/C14H10F5NO3S/c1-23-13-9(16)11(18)14(12(19)10(13)17)24(21,22)20-6-7-2-4-8(15)5-3-7/h2-5,20H,6H2,1H3. The van der Waals surface area contributed by atoms with E-state index in [0.29, 0.717) is 0 Å². The fourth-order valence-electron chi connectivity index (χ4n) is 1.86. The first-order chi connectivity index (χ1) is 11.2. The normalized spacial score (nSPS) is 11.6. The monoisotopic (exact) mass is 367 g/mol. The topological polar surface area (TPSA) is 55.4 Å². The van der Waals surface area contributed by atoms with Crippen LogP contribution in [-0.4, -0.2) is 15.5 Å². The van der Waals surface area contributed by atoms with Gasteiger partial charge in [0.25, 0.3) is 0 Å². The van der Waals surface area contributed by atoms with Gasteiger partial charge in [0.15, 0.2) is 22.3 Å². The Morgan fingerprint density at radius 1 is 0.917 bits per heavy atom. The number of hydrogen-bond acceptors (Lipinski definition) is 3. The predicted octanol–water partition coefficient (Wildman–Crippen LogP) is 2.87. The Balaban J connectivity index is 2.41. The van der Waals surface area contributed by atoms with Crippen LogP contribution in [0.1, 0.15) is 5.56 Å². The van der Waals surface area contributed by atoms with Crippen LogP contribution in [0, 0.1) is 29.1 Å². The highest BCUT2D eigenvalue weighted by Gasteiger charge is 2.33. The van der Waals surface area contributed by atoms with Crippen molar-refractivity contribution in [2.75, 3.05) is 7.11 Å². The fourth-order valence-corrected chi connectivity index (χ4v) is 3.01. The molecular weight excluding hydrogens is 357 g/mol. The second kappa shape index (κ2) is 6.73. The van der Waals surface area contributed by atoms with Gasteiger partial charge in [-0.1, -0.05) is 12.1 Å². The molecule has 2 rings (SSSR count). The number of hydrogen-bond donors (Lipinski definition) is 1. The van der Waals surface area contributed by atoms with Crippen molar-refractivity contribution in [2.24, 2.45) is 0 Å². The third-order valence-corrected chi connectivity index (χ3v) is 4.46. The second-order valence-corrected chi connectivity index (χ2v) is 6.27. The van der Waals surface area contributed by atoms with E-state index in [2.05, 4.69) is 4.74 Å². The highest BCUT2D eigenvalue weighted by molar-refractivity contribution is 7.89. The molecule has 0 spiro atoms. The number of benzene rings is 2. The number of nitrogens with one attached hydrogen (secondary N) is 1. The summed E-state index contributed by atoms with van der Waals surface area (Å²) in [5.74, 6) is -10.1. The van der Waals surface area contributed by atoms with Crippen molar-refractivity contribution in [3.05, 3.63) is 58.9 Å². The summed E-state index contributed by atoms with van der Waals surface area (Å²) in [7, 11) is -4.16. The van der Waals surface area contributed by atoms with Gasteiger partial charge in [-0.2, -0.15) is 8.78 Å². The van der Waals surface area contributed by atoms with Gasteiger partial charge in [-0.3, -0.25) is 0 Å². The number of sulfonamides is 1. The Morgan fingerprint density at radius 3 is 1.88 bits per heavy atom. The van der Waals surface area contributed by atoms with Gasteiger partial charge in [0.1, 0.15) is 5.82 Å². The molecule has 0 saturated carbocycles. The number of rotatable bonds is 5. The number of halogens is 5. The predicted molar refractivity (Wildman–Crippen MR) is 73.3 cm³/mol. The van der Waals surface area contributed by atoms with Crippen LogP contribution in [0.25, 0.3) is 0 Å². The van der Waals surface area contributed by atoms with Gasteiger partial charge in [0, 0.05) is 6.54 Å². The van der Waals surface area contributed by atoms with Gasteiger partial charge < -0.3 is 4.74 Å². The Bertz CT molecular complexity index is 840. The molecule has 130 valence electrons. The van der Waals surface area contributed by atoms with Crippen molar-refractivity contribution < 1.29 is 35.1 Å². The minimum Gasteiger partial charge on any atom is -0.491 e. The third kappa shape index (κ3) is 3.34. The summed E-state index contributed by atoms with van der Waals surface area (Å²) in [6.07, 6.45) is 0. The van der Waals surface area contributed by atoms with Crippen LogP contribution < -0.4 is 9.46 Å². The summed E-state index contributed by atoms with van der Waals surface area (Å²) >= 11 is 0. The van der Waals surface area contributed by atoms with E-state index in [0.717, 1.165) is 19.2 Å². The molecule has 10 heteroatoms. The highest BCUT2D eigenvalue weighted by Crippen LogP contribution is 2.32. The summed E-state index contributed by atoms with van der Waals surface area (Å²) in [4.78, 5) is -1.81. The molecular formula is C14H10F5NO3S. The molecule has 2 aromatic carbocycles. The number of ether oxygens (including phenoxy) is 1. The second-order valence-electron chi connectivity index (χ2n) is 4.57. The molecule has 0 saturated heterocycles. The van der Waals surface area contributed by atoms with Gasteiger partial charge in [0.05, 0.1) is 7.11 Å². The molecule has 0 aliphatic heterocycles. The van der Waals surface area contributed by atoms with Gasteiger partial charge in [0.2, 0.25) is 21.7 Å². The molecule has 0 fully saturated rings. The minimum absolute atomic E-state index is 0.259. The Hall–Kier alpha value is -2.20. The number of methoxy groups -OCH3 is 1. The van der Waals surface area contributed by atoms with Crippen molar-refractivity contribution in [2.45, 2.75) is 11.4 Å². The molecule has 0 unspecified atom stereocenters. The summed E-state index contributed by atoms with van der Waals surface area (Å²) in [6.45, 7) is -0.475. The van der Waals surface area contributed by atoms with Crippen molar-refractivity contribution in [3.8, 4) is 5.75 Å². The first-order valence-corrected chi connectivity index (χ1v) is 7.81. The zero-order valence-corrected chi connectivity index (χ0v) is 12.9. The van der Waals surface area contributed by atoms with Crippen LogP contribution in [0.4, 0.5) is 22.0 Å². The molecule has 0 radical (unpaired) electrons. The van der Waals surface area contributed by atoms with E-state index >= 15 is 0 Å². The van der Waals surface area contributed by atoms with E-state index in [9.17, 15) is 30.4 Å². The van der Waals surface area contributed by atoms with E-state index < -0.39 is 56.3 Å². The highest BCUT2D eigenvalue weighted by atomic mass is 32.2. The smallest absolute Gasteiger partial charge is 0.246 e. The molecule has 0 aliphatic rings. The first-order valence-electron chi connectivity index (χ1n) is 6.33.